The molecule has 2 heterocycles. The number of methoxy groups -OCH3 is 1. The number of sulfonamides is 1. The van der Waals surface area contributed by atoms with Gasteiger partial charge in [0, 0.05) is 36.1 Å². The largest absolute Gasteiger partial charge is 0.497 e. The van der Waals surface area contributed by atoms with Gasteiger partial charge in [-0.25, -0.2) is 13.1 Å². The molecule has 0 saturated carbocycles. The highest BCUT2D eigenvalue weighted by atomic mass is 32.2. The average Bonchev–Trinajstić information content (AvgIpc) is 3.04. The number of nitrogens with one attached hydrogen (secondary N) is 2. The minimum absolute atomic E-state index is 0.0602. The summed E-state index contributed by atoms with van der Waals surface area (Å²) in [6.45, 7) is 2.92. The summed E-state index contributed by atoms with van der Waals surface area (Å²) >= 11 is 0. The Morgan fingerprint density at radius 2 is 2.04 bits per heavy atom. The van der Waals surface area contributed by atoms with E-state index in [4.69, 9.17) is 4.74 Å². The number of aromatic nitrogens is 1. The van der Waals surface area contributed by atoms with E-state index in [1.54, 1.807) is 12.0 Å². The van der Waals surface area contributed by atoms with Crippen LogP contribution in [0.25, 0.3) is 10.9 Å². The molecule has 0 unspecified atom stereocenters. The number of hydrogen-bond acceptors (Lipinski definition) is 4. The van der Waals surface area contributed by atoms with Gasteiger partial charge in [0.2, 0.25) is 10.0 Å². The maximum Gasteiger partial charge on any atom is 0.270 e. The Morgan fingerprint density at radius 1 is 1.31 bits per heavy atom. The lowest BCUT2D eigenvalue weighted by Crippen LogP contribution is -2.47. The second-order valence-electron chi connectivity index (χ2n) is 6.64. The monoisotopic (exact) mass is 379 g/mol. The first-order chi connectivity index (χ1) is 12.4. The van der Waals surface area contributed by atoms with Crippen LogP contribution >= 0.6 is 0 Å². The van der Waals surface area contributed by atoms with Crippen molar-refractivity contribution in [3.63, 3.8) is 0 Å². The molecule has 8 heteroatoms. The molecule has 1 aromatic carbocycles. The van der Waals surface area contributed by atoms with Gasteiger partial charge in [-0.1, -0.05) is 6.92 Å². The van der Waals surface area contributed by atoms with E-state index in [0.717, 1.165) is 16.7 Å². The first-order valence-electron chi connectivity index (χ1n) is 8.88. The van der Waals surface area contributed by atoms with Crippen LogP contribution < -0.4 is 9.46 Å². The van der Waals surface area contributed by atoms with Gasteiger partial charge in [-0.3, -0.25) is 4.79 Å². The Labute approximate surface area is 153 Å². The van der Waals surface area contributed by atoms with Crippen molar-refractivity contribution in [1.29, 1.82) is 0 Å². The molecule has 7 nitrogen and oxygen atoms in total. The van der Waals surface area contributed by atoms with Gasteiger partial charge in [-0.15, -0.1) is 0 Å². The molecule has 1 fully saturated rings. The third kappa shape index (κ3) is 4.19. The summed E-state index contributed by atoms with van der Waals surface area (Å²) in [4.78, 5) is 17.7. The average molecular weight is 379 g/mol. The Balaban J connectivity index is 1.63. The number of likely N-dealkylation sites (tertiary alicyclic amines) is 1. The molecular weight excluding hydrogens is 354 g/mol. The number of benzene rings is 1. The van der Waals surface area contributed by atoms with Crippen LogP contribution in [0.5, 0.6) is 5.75 Å². The lowest BCUT2D eigenvalue weighted by molar-refractivity contribution is 0.0706. The maximum absolute atomic E-state index is 12.7. The molecule has 2 N–H and O–H groups in total. The highest BCUT2D eigenvalue weighted by Crippen LogP contribution is 2.23. The first-order valence-corrected chi connectivity index (χ1v) is 10.5. The number of hydrogen-bond donors (Lipinski definition) is 2. The minimum atomic E-state index is -3.22. The van der Waals surface area contributed by atoms with E-state index >= 15 is 0 Å². The number of rotatable bonds is 6. The lowest BCUT2D eigenvalue weighted by Gasteiger charge is -2.32. The summed E-state index contributed by atoms with van der Waals surface area (Å²) in [7, 11) is -1.61. The van der Waals surface area contributed by atoms with Gasteiger partial charge in [-0.2, -0.15) is 0 Å². The van der Waals surface area contributed by atoms with Crippen LogP contribution in [0.2, 0.25) is 0 Å². The number of nitrogens with zero attached hydrogens (tertiary/aromatic N) is 1. The third-order valence-electron chi connectivity index (χ3n) is 4.66. The second kappa shape index (κ2) is 7.67. The number of amides is 1. The molecule has 1 aliphatic rings. The van der Waals surface area contributed by atoms with E-state index in [0.29, 0.717) is 38.0 Å². The van der Waals surface area contributed by atoms with Gasteiger partial charge in [0.15, 0.2) is 0 Å². The normalized spacial score (nSPS) is 16.2. The van der Waals surface area contributed by atoms with Crippen molar-refractivity contribution in [2.75, 3.05) is 26.0 Å². The van der Waals surface area contributed by atoms with Crippen LogP contribution in [0.4, 0.5) is 0 Å². The maximum atomic E-state index is 12.7. The van der Waals surface area contributed by atoms with E-state index in [-0.39, 0.29) is 17.7 Å². The van der Waals surface area contributed by atoms with Crippen LogP contribution in [0.1, 0.15) is 36.7 Å². The second-order valence-corrected chi connectivity index (χ2v) is 8.51. The Kier molecular flexibility index (Phi) is 5.52. The van der Waals surface area contributed by atoms with Crippen LogP contribution in [-0.2, 0) is 10.0 Å². The molecule has 3 rings (SSSR count). The molecule has 0 radical (unpaired) electrons. The van der Waals surface area contributed by atoms with Crippen LogP contribution in [-0.4, -0.2) is 56.2 Å². The van der Waals surface area contributed by atoms with Crippen molar-refractivity contribution in [3.8, 4) is 5.75 Å². The number of fused-ring (bicyclic) bond motifs is 1. The number of H-pyrrole nitrogens is 1. The van der Waals surface area contributed by atoms with Crippen molar-refractivity contribution in [1.82, 2.24) is 14.6 Å². The molecule has 0 spiro atoms. The molecule has 0 aliphatic carbocycles. The van der Waals surface area contributed by atoms with Crippen molar-refractivity contribution in [3.05, 3.63) is 30.0 Å². The number of aromatic amines is 1. The van der Waals surface area contributed by atoms with Crippen LogP contribution in [0, 0.1) is 0 Å². The smallest absolute Gasteiger partial charge is 0.270 e. The van der Waals surface area contributed by atoms with Crippen LogP contribution in [0.15, 0.2) is 24.3 Å². The minimum Gasteiger partial charge on any atom is -0.497 e. The lowest BCUT2D eigenvalue weighted by atomic mass is 10.1. The number of piperidine rings is 1. The fraction of sp³-hybridized carbons (Fsp3) is 0.500. The van der Waals surface area contributed by atoms with Gasteiger partial charge in [0.05, 0.1) is 12.9 Å². The molecule has 142 valence electrons. The standard InChI is InChI=1S/C18H25N3O4S/c1-3-10-26(23,24)20-14-6-8-21(9-7-14)18(22)17-11-13-4-5-15(25-2)12-16(13)19-17/h4-5,11-12,14,19-20H,3,6-10H2,1-2H3. The fourth-order valence-corrected chi connectivity index (χ4v) is 4.70. The molecule has 1 aromatic heterocycles. The number of carbonyl (C=O) groups is 1. The van der Waals surface area contributed by atoms with Crippen molar-refractivity contribution in [2.45, 2.75) is 32.2 Å². The number of ether oxygens (including phenoxy) is 1. The molecule has 0 atom stereocenters. The Hall–Kier alpha value is -2.06. The zero-order valence-corrected chi connectivity index (χ0v) is 15.9. The van der Waals surface area contributed by atoms with Gasteiger partial charge in [0.1, 0.15) is 11.4 Å². The zero-order chi connectivity index (χ0) is 18.7. The van der Waals surface area contributed by atoms with E-state index < -0.39 is 10.0 Å². The molecular formula is C18H25N3O4S. The molecule has 1 aliphatic heterocycles. The summed E-state index contributed by atoms with van der Waals surface area (Å²) in [5.41, 5.74) is 1.40. The van der Waals surface area contributed by atoms with Gasteiger partial charge >= 0.3 is 0 Å². The van der Waals surface area contributed by atoms with Gasteiger partial charge < -0.3 is 14.6 Å². The van der Waals surface area contributed by atoms with Crippen molar-refractivity contribution >= 4 is 26.8 Å². The van der Waals surface area contributed by atoms with Gasteiger partial charge in [0.25, 0.3) is 5.91 Å². The van der Waals surface area contributed by atoms with E-state index in [2.05, 4.69) is 9.71 Å². The predicted octanol–water partition coefficient (Wildman–Crippen LogP) is 2.11. The molecule has 0 bridgehead atoms. The quantitative estimate of drug-likeness (QED) is 0.804. The van der Waals surface area contributed by atoms with Crippen LogP contribution in [0.3, 0.4) is 0 Å². The predicted molar refractivity (Wildman–Crippen MR) is 101 cm³/mol. The molecule has 1 amide bonds. The molecule has 1 saturated heterocycles. The summed E-state index contributed by atoms with van der Waals surface area (Å²) in [6.07, 6.45) is 1.85. The fourth-order valence-electron chi connectivity index (χ4n) is 3.30. The molecule has 26 heavy (non-hydrogen) atoms. The topological polar surface area (TPSA) is 91.5 Å². The highest BCUT2D eigenvalue weighted by Gasteiger charge is 2.26. The summed E-state index contributed by atoms with van der Waals surface area (Å²) in [6, 6.07) is 7.38. The summed E-state index contributed by atoms with van der Waals surface area (Å²) in [5, 5.41) is 0.955. The first kappa shape index (κ1) is 18.7. The Morgan fingerprint density at radius 3 is 2.69 bits per heavy atom. The van der Waals surface area contributed by atoms with Crippen molar-refractivity contribution < 1.29 is 17.9 Å². The van der Waals surface area contributed by atoms with E-state index in [1.807, 2.05) is 31.2 Å². The van der Waals surface area contributed by atoms with E-state index in [9.17, 15) is 13.2 Å². The SMILES string of the molecule is CCCS(=O)(=O)NC1CCN(C(=O)c2cc3ccc(OC)cc3[nH]2)CC1. The third-order valence-corrected chi connectivity index (χ3v) is 6.30. The van der Waals surface area contributed by atoms with Crippen molar-refractivity contribution in [2.24, 2.45) is 0 Å². The highest BCUT2D eigenvalue weighted by molar-refractivity contribution is 7.89. The summed E-state index contributed by atoms with van der Waals surface area (Å²) in [5.74, 6) is 0.818. The Bertz CT molecular complexity index is 883. The number of carbonyl (C=O) groups excluding carboxylic acids is 1. The van der Waals surface area contributed by atoms with E-state index in [1.165, 1.54) is 0 Å². The molecule has 2 aromatic rings. The summed E-state index contributed by atoms with van der Waals surface area (Å²) < 4.78 is 31.7. The van der Waals surface area contributed by atoms with Gasteiger partial charge in [-0.05, 0) is 37.5 Å². The zero-order valence-electron chi connectivity index (χ0n) is 15.1.